The Hall–Kier alpha value is -2.09. The first-order valence-electron chi connectivity index (χ1n) is 10.6. The minimum atomic E-state index is -3.59. The van der Waals surface area contributed by atoms with Gasteiger partial charge in [-0.25, -0.2) is 8.42 Å². The van der Waals surface area contributed by atoms with Crippen molar-refractivity contribution >= 4 is 27.5 Å². The number of hydrogen-bond acceptors (Lipinski definition) is 4. The van der Waals surface area contributed by atoms with Crippen LogP contribution in [0.15, 0.2) is 53.4 Å². The molecular formula is C23H29ClN2O4S. The Morgan fingerprint density at radius 2 is 1.74 bits per heavy atom. The summed E-state index contributed by atoms with van der Waals surface area (Å²) in [5.74, 6) is 0.513. The number of halogens is 1. The van der Waals surface area contributed by atoms with Crippen molar-refractivity contribution in [2.24, 2.45) is 5.92 Å². The molecule has 168 valence electrons. The average molecular weight is 465 g/mol. The van der Waals surface area contributed by atoms with Crippen molar-refractivity contribution in [1.82, 2.24) is 9.21 Å². The van der Waals surface area contributed by atoms with Gasteiger partial charge >= 0.3 is 0 Å². The summed E-state index contributed by atoms with van der Waals surface area (Å²) >= 11 is 6.25. The third-order valence-electron chi connectivity index (χ3n) is 5.59. The van der Waals surface area contributed by atoms with Crippen LogP contribution in [0.5, 0.6) is 5.75 Å². The summed E-state index contributed by atoms with van der Waals surface area (Å²) in [6, 6.07) is 14.0. The van der Waals surface area contributed by atoms with E-state index in [9.17, 15) is 13.2 Å². The van der Waals surface area contributed by atoms with Gasteiger partial charge in [-0.1, -0.05) is 29.8 Å². The van der Waals surface area contributed by atoms with Gasteiger partial charge in [0.2, 0.25) is 15.9 Å². The van der Waals surface area contributed by atoms with Gasteiger partial charge in [-0.2, -0.15) is 4.31 Å². The number of sulfonamides is 1. The Morgan fingerprint density at radius 1 is 1.10 bits per heavy atom. The maximum Gasteiger partial charge on any atom is 0.243 e. The molecule has 0 spiro atoms. The second-order valence-corrected chi connectivity index (χ2v) is 9.87. The van der Waals surface area contributed by atoms with E-state index >= 15 is 0 Å². The van der Waals surface area contributed by atoms with E-state index in [-0.39, 0.29) is 16.7 Å². The Bertz CT molecular complexity index is 987. The summed E-state index contributed by atoms with van der Waals surface area (Å²) in [7, 11) is -3.59. The van der Waals surface area contributed by atoms with Gasteiger partial charge in [0, 0.05) is 37.1 Å². The van der Waals surface area contributed by atoms with Gasteiger partial charge < -0.3 is 9.64 Å². The molecule has 31 heavy (non-hydrogen) atoms. The molecule has 0 atom stereocenters. The van der Waals surface area contributed by atoms with Gasteiger partial charge in [-0.3, -0.25) is 4.79 Å². The predicted molar refractivity (Wildman–Crippen MR) is 122 cm³/mol. The molecule has 0 saturated carbocycles. The van der Waals surface area contributed by atoms with Crippen LogP contribution in [0.1, 0.15) is 32.3 Å². The quantitative estimate of drug-likeness (QED) is 0.587. The zero-order valence-corrected chi connectivity index (χ0v) is 19.5. The highest BCUT2D eigenvalue weighted by molar-refractivity contribution is 7.89. The molecule has 1 amide bonds. The van der Waals surface area contributed by atoms with Crippen LogP contribution in [0, 0.1) is 5.92 Å². The van der Waals surface area contributed by atoms with E-state index in [4.69, 9.17) is 16.3 Å². The second kappa shape index (κ2) is 10.5. The Balaban J connectivity index is 1.62. The number of carbonyl (C=O) groups excluding carboxylic acids is 1. The fraction of sp³-hybridized carbons (Fsp3) is 0.435. The number of carbonyl (C=O) groups is 1. The van der Waals surface area contributed by atoms with Gasteiger partial charge in [0.05, 0.1) is 11.5 Å². The van der Waals surface area contributed by atoms with Gasteiger partial charge in [-0.15, -0.1) is 0 Å². The van der Waals surface area contributed by atoms with Crippen molar-refractivity contribution in [2.45, 2.75) is 38.1 Å². The first-order valence-corrected chi connectivity index (χ1v) is 12.4. The summed E-state index contributed by atoms with van der Waals surface area (Å²) in [6.07, 6.45) is 1.02. The highest BCUT2D eigenvalue weighted by Gasteiger charge is 2.33. The topological polar surface area (TPSA) is 66.9 Å². The maximum atomic E-state index is 13.1. The fourth-order valence-electron chi connectivity index (χ4n) is 3.80. The molecule has 1 aliphatic heterocycles. The molecule has 0 N–H and O–H groups in total. The van der Waals surface area contributed by atoms with Crippen molar-refractivity contribution < 1.29 is 17.9 Å². The minimum Gasteiger partial charge on any atom is -0.494 e. The van der Waals surface area contributed by atoms with E-state index in [0.29, 0.717) is 56.4 Å². The first kappa shape index (κ1) is 23.6. The number of benzene rings is 2. The van der Waals surface area contributed by atoms with Gasteiger partial charge in [0.15, 0.2) is 0 Å². The minimum absolute atomic E-state index is 0.0561. The highest BCUT2D eigenvalue weighted by atomic mass is 35.5. The van der Waals surface area contributed by atoms with E-state index in [1.165, 1.54) is 4.31 Å². The van der Waals surface area contributed by atoms with Crippen LogP contribution in [0.4, 0.5) is 0 Å². The molecule has 2 aromatic carbocycles. The van der Waals surface area contributed by atoms with Crippen LogP contribution in [-0.4, -0.2) is 49.8 Å². The highest BCUT2D eigenvalue weighted by Crippen LogP contribution is 2.27. The normalized spacial score (nSPS) is 15.6. The number of piperidine rings is 1. The molecule has 0 aromatic heterocycles. The van der Waals surface area contributed by atoms with Crippen molar-refractivity contribution in [3.05, 3.63) is 59.1 Å². The summed E-state index contributed by atoms with van der Waals surface area (Å²) < 4.78 is 32.8. The smallest absolute Gasteiger partial charge is 0.243 e. The van der Waals surface area contributed by atoms with Crippen molar-refractivity contribution in [2.75, 3.05) is 26.2 Å². The summed E-state index contributed by atoms with van der Waals surface area (Å²) in [6.45, 7) is 6.04. The lowest BCUT2D eigenvalue weighted by atomic mass is 9.96. The van der Waals surface area contributed by atoms with Gasteiger partial charge in [0.25, 0.3) is 0 Å². The molecule has 3 rings (SSSR count). The summed E-state index contributed by atoms with van der Waals surface area (Å²) in [4.78, 5) is 15.1. The zero-order valence-electron chi connectivity index (χ0n) is 18.0. The number of hydrogen-bond donors (Lipinski definition) is 0. The maximum absolute atomic E-state index is 13.1. The number of amides is 1. The van der Waals surface area contributed by atoms with Crippen LogP contribution >= 0.6 is 11.6 Å². The standard InChI is InChI=1S/C23H29ClN2O4S/c1-3-25(17-19-7-5-6-8-22(19)24)23(27)18-13-15-26(16-14-18)31(28,29)21-11-9-20(10-12-21)30-4-2/h5-12,18H,3-4,13-17H2,1-2H3. The van der Waals surface area contributed by atoms with Crippen LogP contribution in [0.2, 0.25) is 5.02 Å². The van der Waals surface area contributed by atoms with Gasteiger partial charge in [-0.05, 0) is 62.6 Å². The molecular weight excluding hydrogens is 436 g/mol. The van der Waals surface area contributed by atoms with Crippen LogP contribution in [0.3, 0.4) is 0 Å². The zero-order chi connectivity index (χ0) is 22.4. The molecule has 0 unspecified atom stereocenters. The second-order valence-electron chi connectivity index (χ2n) is 7.53. The molecule has 8 heteroatoms. The predicted octanol–water partition coefficient (Wildman–Crippen LogP) is 4.19. The molecule has 0 aliphatic carbocycles. The molecule has 6 nitrogen and oxygen atoms in total. The van der Waals surface area contributed by atoms with E-state index in [2.05, 4.69) is 0 Å². The fourth-order valence-corrected chi connectivity index (χ4v) is 5.47. The first-order chi connectivity index (χ1) is 14.9. The van der Waals surface area contributed by atoms with E-state index in [0.717, 1.165) is 5.56 Å². The van der Waals surface area contributed by atoms with Crippen LogP contribution in [0.25, 0.3) is 0 Å². The third kappa shape index (κ3) is 5.59. The largest absolute Gasteiger partial charge is 0.494 e. The Morgan fingerprint density at radius 3 is 2.32 bits per heavy atom. The van der Waals surface area contributed by atoms with E-state index < -0.39 is 10.0 Å². The monoisotopic (exact) mass is 464 g/mol. The average Bonchev–Trinajstić information content (AvgIpc) is 2.79. The molecule has 1 heterocycles. The van der Waals surface area contributed by atoms with E-state index in [1.54, 1.807) is 29.2 Å². The van der Waals surface area contributed by atoms with Crippen molar-refractivity contribution in [1.29, 1.82) is 0 Å². The lowest BCUT2D eigenvalue weighted by Crippen LogP contribution is -2.44. The number of rotatable bonds is 8. The number of nitrogens with zero attached hydrogens (tertiary/aromatic N) is 2. The lowest BCUT2D eigenvalue weighted by molar-refractivity contribution is -0.137. The SMILES string of the molecule is CCOc1ccc(S(=O)(=O)N2CCC(C(=O)N(CC)Cc3ccccc3Cl)CC2)cc1. The van der Waals surface area contributed by atoms with Crippen LogP contribution < -0.4 is 4.74 Å². The molecule has 1 fully saturated rings. The molecule has 1 saturated heterocycles. The molecule has 2 aromatic rings. The molecule has 0 radical (unpaired) electrons. The lowest BCUT2D eigenvalue weighted by Gasteiger charge is -2.33. The van der Waals surface area contributed by atoms with Gasteiger partial charge in [0.1, 0.15) is 5.75 Å². The summed E-state index contributed by atoms with van der Waals surface area (Å²) in [5, 5.41) is 0.644. The summed E-state index contributed by atoms with van der Waals surface area (Å²) in [5.41, 5.74) is 0.912. The number of ether oxygens (including phenoxy) is 1. The van der Waals surface area contributed by atoms with E-state index in [1.807, 2.05) is 38.1 Å². The van der Waals surface area contributed by atoms with Crippen molar-refractivity contribution in [3.63, 3.8) is 0 Å². The Labute approximate surface area is 189 Å². The Kier molecular flexibility index (Phi) is 7.97. The third-order valence-corrected chi connectivity index (χ3v) is 7.87. The van der Waals surface area contributed by atoms with Crippen molar-refractivity contribution in [3.8, 4) is 5.75 Å². The molecule has 1 aliphatic rings. The van der Waals surface area contributed by atoms with Crippen LogP contribution in [-0.2, 0) is 21.4 Å². The molecule has 0 bridgehead atoms.